The molecule has 0 atom stereocenters. The highest BCUT2D eigenvalue weighted by atomic mass is 35.5. The maximum Gasteiger partial charge on any atom is 0.374 e. The van der Waals surface area contributed by atoms with Crippen molar-refractivity contribution in [3.8, 4) is 6.07 Å². The van der Waals surface area contributed by atoms with Gasteiger partial charge in [0.15, 0.2) is 5.69 Å². The molecule has 0 saturated heterocycles. The Morgan fingerprint density at radius 3 is 2.92 bits per heavy atom. The number of rotatable bonds is 1. The number of hydrogen-bond donors (Lipinski definition) is 1. The van der Waals surface area contributed by atoms with Crippen LogP contribution in [0.5, 0.6) is 0 Å². The van der Waals surface area contributed by atoms with E-state index in [2.05, 4.69) is 14.7 Å². The van der Waals surface area contributed by atoms with Gasteiger partial charge in [-0.3, -0.25) is 0 Å². The Bertz CT molecular complexity index is 352. The van der Waals surface area contributed by atoms with E-state index in [1.54, 1.807) is 6.07 Å². The number of carbonyl (C=O) groups is 1. The van der Waals surface area contributed by atoms with Gasteiger partial charge in [0.1, 0.15) is 11.2 Å². The number of imidazole rings is 1. The smallest absolute Gasteiger partial charge is 0.374 e. The van der Waals surface area contributed by atoms with Crippen LogP contribution in [-0.2, 0) is 4.74 Å². The van der Waals surface area contributed by atoms with Gasteiger partial charge < -0.3 is 9.72 Å². The molecule has 12 heavy (non-hydrogen) atoms. The topological polar surface area (TPSA) is 78.8 Å². The second-order valence-corrected chi connectivity index (χ2v) is 2.23. The molecule has 0 bridgehead atoms. The van der Waals surface area contributed by atoms with E-state index in [0.717, 1.165) is 0 Å². The second kappa shape index (κ2) is 3.24. The highest BCUT2D eigenvalue weighted by Crippen LogP contribution is 2.11. The molecule has 1 N–H and O–H groups in total. The number of H-pyrrole nitrogens is 1. The van der Waals surface area contributed by atoms with Gasteiger partial charge in [-0.25, -0.2) is 9.78 Å². The van der Waals surface area contributed by atoms with Crippen molar-refractivity contribution in [1.29, 1.82) is 5.26 Å². The number of hydrogen-bond acceptors (Lipinski definition) is 4. The molecule has 0 aliphatic rings. The molecule has 0 unspecified atom stereocenters. The highest BCUT2D eigenvalue weighted by Gasteiger charge is 2.13. The molecule has 0 aromatic carbocycles. The summed E-state index contributed by atoms with van der Waals surface area (Å²) >= 11 is 5.50. The summed E-state index contributed by atoms with van der Waals surface area (Å²) in [5, 5.41) is 8.46. The summed E-state index contributed by atoms with van der Waals surface area (Å²) in [7, 11) is 1.21. The van der Waals surface area contributed by atoms with E-state index < -0.39 is 5.97 Å². The Labute approximate surface area is 72.9 Å². The number of nitrogens with zero attached hydrogens (tertiary/aromatic N) is 2. The average molecular weight is 186 g/mol. The molecule has 1 aromatic rings. The van der Waals surface area contributed by atoms with Gasteiger partial charge >= 0.3 is 5.97 Å². The molecule has 1 rings (SSSR count). The third-order valence-electron chi connectivity index (χ3n) is 1.14. The zero-order valence-corrected chi connectivity index (χ0v) is 6.84. The molecular weight excluding hydrogens is 182 g/mol. The fourth-order valence-electron chi connectivity index (χ4n) is 0.619. The van der Waals surface area contributed by atoms with Crippen LogP contribution in [0.4, 0.5) is 0 Å². The largest absolute Gasteiger partial charge is 0.463 e. The molecule has 0 fully saturated rings. The monoisotopic (exact) mass is 185 g/mol. The Balaban J connectivity index is 3.07. The average Bonchev–Trinajstić information content (AvgIpc) is 2.45. The molecule has 0 radical (unpaired) electrons. The van der Waals surface area contributed by atoms with E-state index in [1.165, 1.54) is 7.11 Å². The fraction of sp³-hybridized carbons (Fsp3) is 0.167. The lowest BCUT2D eigenvalue weighted by Crippen LogP contribution is -2.03. The first-order valence-corrected chi connectivity index (χ1v) is 3.30. The van der Waals surface area contributed by atoms with Gasteiger partial charge in [-0.2, -0.15) is 5.26 Å². The number of esters is 1. The normalized spacial score (nSPS) is 9.08. The van der Waals surface area contributed by atoms with Crippen LogP contribution in [0.25, 0.3) is 0 Å². The molecule has 1 aromatic heterocycles. The van der Waals surface area contributed by atoms with Gasteiger partial charge in [0.25, 0.3) is 0 Å². The number of nitriles is 1. The van der Waals surface area contributed by atoms with Crippen molar-refractivity contribution < 1.29 is 9.53 Å². The summed E-state index contributed by atoms with van der Waals surface area (Å²) in [4.78, 5) is 16.8. The molecule has 62 valence electrons. The number of ether oxygens (including phenoxy) is 1. The van der Waals surface area contributed by atoms with Crippen LogP contribution < -0.4 is 0 Å². The summed E-state index contributed by atoms with van der Waals surface area (Å²) < 4.78 is 4.35. The van der Waals surface area contributed by atoms with Gasteiger partial charge in [-0.15, -0.1) is 0 Å². The number of halogens is 1. The van der Waals surface area contributed by atoms with Crippen molar-refractivity contribution in [1.82, 2.24) is 9.97 Å². The molecule has 0 saturated carbocycles. The first kappa shape index (κ1) is 8.56. The molecule has 0 aliphatic heterocycles. The predicted octanol–water partition coefficient (Wildman–Crippen LogP) is 0.721. The van der Waals surface area contributed by atoms with Gasteiger partial charge in [0.2, 0.25) is 5.82 Å². The Kier molecular flexibility index (Phi) is 2.31. The molecule has 0 spiro atoms. The fourth-order valence-corrected chi connectivity index (χ4v) is 0.793. The Morgan fingerprint density at radius 1 is 1.83 bits per heavy atom. The van der Waals surface area contributed by atoms with Crippen molar-refractivity contribution >= 4 is 17.6 Å². The first-order chi connectivity index (χ1) is 5.69. The summed E-state index contributed by atoms with van der Waals surface area (Å²) in [6.07, 6.45) is 0. The quantitative estimate of drug-likeness (QED) is 0.654. The van der Waals surface area contributed by atoms with Crippen LogP contribution in [-0.4, -0.2) is 23.0 Å². The third-order valence-corrected chi connectivity index (χ3v) is 1.42. The van der Waals surface area contributed by atoms with Gasteiger partial charge in [0, 0.05) is 0 Å². The van der Waals surface area contributed by atoms with Crippen molar-refractivity contribution in [3.05, 3.63) is 16.7 Å². The standard InChI is InChI=1S/C6H4ClN3O2/c1-12-6(11)5-9-3(2-8)4(7)10-5/h1H3,(H,9,10). The van der Waals surface area contributed by atoms with Crippen molar-refractivity contribution in [2.24, 2.45) is 0 Å². The van der Waals surface area contributed by atoms with Crippen LogP contribution in [0.15, 0.2) is 0 Å². The third kappa shape index (κ3) is 1.38. The number of methoxy groups -OCH3 is 1. The van der Waals surface area contributed by atoms with Crippen molar-refractivity contribution in [3.63, 3.8) is 0 Å². The minimum absolute atomic E-state index is 0.0166. The minimum Gasteiger partial charge on any atom is -0.463 e. The van der Waals surface area contributed by atoms with E-state index in [-0.39, 0.29) is 16.7 Å². The Hall–Kier alpha value is -1.54. The summed E-state index contributed by atoms with van der Waals surface area (Å²) in [6.45, 7) is 0. The molecule has 6 heteroatoms. The van der Waals surface area contributed by atoms with E-state index in [0.29, 0.717) is 0 Å². The van der Waals surface area contributed by atoms with Crippen LogP contribution >= 0.6 is 11.6 Å². The minimum atomic E-state index is -0.654. The van der Waals surface area contributed by atoms with Crippen LogP contribution in [0, 0.1) is 11.3 Å². The summed E-state index contributed by atoms with van der Waals surface area (Å²) in [5.74, 6) is -0.725. The lowest BCUT2D eigenvalue weighted by atomic mass is 10.5. The maximum absolute atomic E-state index is 10.8. The number of aromatic amines is 1. The SMILES string of the molecule is COC(=O)c1nc(C#N)c(Cl)[nH]1. The van der Waals surface area contributed by atoms with Crippen molar-refractivity contribution in [2.45, 2.75) is 0 Å². The van der Waals surface area contributed by atoms with E-state index in [4.69, 9.17) is 16.9 Å². The molecule has 0 amide bonds. The number of nitrogens with one attached hydrogen (secondary N) is 1. The van der Waals surface area contributed by atoms with Gasteiger partial charge in [0.05, 0.1) is 7.11 Å². The van der Waals surface area contributed by atoms with Gasteiger partial charge in [-0.1, -0.05) is 11.6 Å². The molecular formula is C6H4ClN3O2. The zero-order chi connectivity index (χ0) is 9.14. The summed E-state index contributed by atoms with van der Waals surface area (Å²) in [6, 6.07) is 1.71. The van der Waals surface area contributed by atoms with Gasteiger partial charge in [-0.05, 0) is 0 Å². The summed E-state index contributed by atoms with van der Waals surface area (Å²) in [5.41, 5.74) is -0.0166. The highest BCUT2D eigenvalue weighted by molar-refractivity contribution is 6.30. The molecule has 5 nitrogen and oxygen atoms in total. The molecule has 1 heterocycles. The second-order valence-electron chi connectivity index (χ2n) is 1.85. The Morgan fingerprint density at radius 2 is 2.50 bits per heavy atom. The zero-order valence-electron chi connectivity index (χ0n) is 6.09. The number of aromatic nitrogens is 2. The first-order valence-electron chi connectivity index (χ1n) is 2.93. The lowest BCUT2D eigenvalue weighted by Gasteiger charge is -1.90. The maximum atomic E-state index is 10.8. The predicted molar refractivity (Wildman–Crippen MR) is 39.7 cm³/mol. The van der Waals surface area contributed by atoms with E-state index in [1.807, 2.05) is 0 Å². The van der Waals surface area contributed by atoms with E-state index in [9.17, 15) is 4.79 Å². The van der Waals surface area contributed by atoms with Crippen LogP contribution in [0.3, 0.4) is 0 Å². The molecule has 0 aliphatic carbocycles. The van der Waals surface area contributed by atoms with Crippen molar-refractivity contribution in [2.75, 3.05) is 7.11 Å². The van der Waals surface area contributed by atoms with E-state index >= 15 is 0 Å². The number of carbonyl (C=O) groups excluding carboxylic acids is 1. The van der Waals surface area contributed by atoms with Crippen LogP contribution in [0.1, 0.15) is 16.3 Å². The van der Waals surface area contributed by atoms with Crippen LogP contribution in [0.2, 0.25) is 5.15 Å². The lowest BCUT2D eigenvalue weighted by molar-refractivity contribution is 0.0588.